The second-order valence-corrected chi connectivity index (χ2v) is 17.5. The first-order valence-corrected chi connectivity index (χ1v) is 19.5. The Morgan fingerprint density at radius 2 is 1.32 bits per heavy atom. The number of halogens is 3. The van der Waals surface area contributed by atoms with Crippen LogP contribution >= 0.6 is 23.2 Å². The molecule has 59 heavy (non-hydrogen) atoms. The van der Waals surface area contributed by atoms with Gasteiger partial charge in [-0.3, -0.25) is 14.5 Å². The average molecular weight is 868 g/mol. The van der Waals surface area contributed by atoms with Gasteiger partial charge in [0, 0.05) is 35.4 Å². The van der Waals surface area contributed by atoms with Crippen LogP contribution in [0.1, 0.15) is 99.0 Å². The summed E-state index contributed by atoms with van der Waals surface area (Å²) in [6, 6.07) is 8.29. The van der Waals surface area contributed by atoms with E-state index < -0.39 is 64.1 Å². The molecule has 1 saturated heterocycles. The Morgan fingerprint density at radius 1 is 0.847 bits per heavy atom. The van der Waals surface area contributed by atoms with E-state index >= 15 is 0 Å². The number of hydrogen-bond acceptors (Lipinski definition) is 11. The maximum absolute atomic E-state index is 13.3. The van der Waals surface area contributed by atoms with E-state index in [9.17, 15) is 33.5 Å². The van der Waals surface area contributed by atoms with Gasteiger partial charge in [-0.15, -0.1) is 0 Å². The number of aliphatic hydroxyl groups is 1. The van der Waals surface area contributed by atoms with Crippen LogP contribution in [0.3, 0.4) is 0 Å². The lowest BCUT2D eigenvalue weighted by Gasteiger charge is -2.44. The summed E-state index contributed by atoms with van der Waals surface area (Å²) in [5.74, 6) is -3.17. The Kier molecular flexibility index (Phi) is 17.1. The number of carbonyl (C=O) groups is 5. The van der Waals surface area contributed by atoms with Gasteiger partial charge in [0.25, 0.3) is 11.8 Å². The van der Waals surface area contributed by atoms with Crippen LogP contribution in [0.15, 0.2) is 59.8 Å². The molecule has 2 aromatic carbocycles. The molecule has 0 spiro atoms. The molecule has 15 nitrogen and oxygen atoms in total. The topological polar surface area (TPSA) is 207 Å². The molecule has 1 aliphatic rings. The highest BCUT2D eigenvalue weighted by Crippen LogP contribution is 2.27. The summed E-state index contributed by atoms with van der Waals surface area (Å²) in [6.07, 6.45) is -1.46. The first-order chi connectivity index (χ1) is 27.0. The minimum atomic E-state index is -1.22. The van der Waals surface area contributed by atoms with Crippen molar-refractivity contribution in [2.24, 2.45) is 11.5 Å². The number of imide groups is 1. The van der Waals surface area contributed by atoms with E-state index in [2.05, 4.69) is 5.32 Å². The summed E-state index contributed by atoms with van der Waals surface area (Å²) in [4.78, 5) is 68.0. The summed E-state index contributed by atoms with van der Waals surface area (Å²) in [6.45, 7) is 21.0. The number of aliphatic hydroxyl groups excluding tert-OH is 1. The largest absolute Gasteiger partial charge is 0.504 e. The number of ether oxygens (including phenoxy) is 3. The number of hydrogen-bond donors (Lipinski definition) is 4. The van der Waals surface area contributed by atoms with Crippen molar-refractivity contribution < 1.29 is 47.7 Å². The number of allylic oxidation sites excluding steroid dienone is 1. The first-order valence-electron chi connectivity index (χ1n) is 18.7. The number of nitrogens with one attached hydrogen (secondary N) is 1. The highest BCUT2D eigenvalue weighted by molar-refractivity contribution is 6.36. The third-order valence-electron chi connectivity index (χ3n) is 7.90. The van der Waals surface area contributed by atoms with Crippen LogP contribution in [0.25, 0.3) is 0 Å². The zero-order chi connectivity index (χ0) is 45.4. The molecule has 2 unspecified atom stereocenters. The fraction of sp³-hybridized carbons (Fsp3) is 0.488. The Bertz CT molecular complexity index is 1900. The molecule has 1 aliphatic heterocycles. The van der Waals surface area contributed by atoms with Gasteiger partial charge in [-0.2, -0.15) is 4.90 Å². The predicted molar refractivity (Wildman–Crippen MR) is 224 cm³/mol. The van der Waals surface area contributed by atoms with Crippen molar-refractivity contribution in [2.75, 3.05) is 18.4 Å². The van der Waals surface area contributed by atoms with Gasteiger partial charge in [-0.25, -0.2) is 18.8 Å². The van der Waals surface area contributed by atoms with Crippen molar-refractivity contribution in [2.45, 2.75) is 118 Å². The molecule has 1 fully saturated rings. The molecular formula is C41H57Cl2FN6O9. The molecular weight excluding hydrogens is 810 g/mol. The quantitative estimate of drug-likeness (QED) is 0.0712. The first kappa shape index (κ1) is 49.9. The second-order valence-electron chi connectivity index (χ2n) is 16.7. The van der Waals surface area contributed by atoms with Crippen molar-refractivity contribution >= 4 is 59.0 Å². The molecule has 3 rings (SSSR count). The molecule has 2 atom stereocenters. The lowest BCUT2D eigenvalue weighted by Crippen LogP contribution is -2.60. The minimum absolute atomic E-state index is 0.139. The summed E-state index contributed by atoms with van der Waals surface area (Å²) < 4.78 is 28.7. The van der Waals surface area contributed by atoms with Crippen molar-refractivity contribution in [3.63, 3.8) is 0 Å². The molecule has 2 aromatic rings. The lowest BCUT2D eigenvalue weighted by molar-refractivity contribution is -0.112. The van der Waals surface area contributed by atoms with E-state index in [0.717, 1.165) is 6.08 Å². The van der Waals surface area contributed by atoms with Gasteiger partial charge in [0.15, 0.2) is 11.6 Å². The Balaban J connectivity index is 0.000000937. The smallest absolute Gasteiger partial charge is 0.425 e. The van der Waals surface area contributed by atoms with Crippen molar-refractivity contribution in [1.82, 2.24) is 14.7 Å². The number of piperazine rings is 1. The number of nitrogens with zero attached hydrogens (tertiary/aromatic N) is 3. The van der Waals surface area contributed by atoms with E-state index in [4.69, 9.17) is 48.9 Å². The Morgan fingerprint density at radius 3 is 1.75 bits per heavy atom. The highest BCUT2D eigenvalue weighted by Gasteiger charge is 2.38. The summed E-state index contributed by atoms with van der Waals surface area (Å²) in [7, 11) is 0. The fourth-order valence-corrected chi connectivity index (χ4v) is 6.06. The maximum Gasteiger partial charge on any atom is 0.425 e. The van der Waals surface area contributed by atoms with E-state index in [1.54, 1.807) is 72.1 Å². The van der Waals surface area contributed by atoms with Gasteiger partial charge >= 0.3 is 18.3 Å². The van der Waals surface area contributed by atoms with Crippen molar-refractivity contribution in [1.29, 1.82) is 0 Å². The molecule has 0 bridgehead atoms. The number of amides is 5. The summed E-state index contributed by atoms with van der Waals surface area (Å²) in [5.41, 5.74) is 9.93. The molecule has 0 saturated carbocycles. The van der Waals surface area contributed by atoms with Crippen molar-refractivity contribution in [3.05, 3.63) is 86.7 Å². The Hall–Kier alpha value is -5.22. The third-order valence-corrected chi connectivity index (χ3v) is 8.67. The maximum atomic E-state index is 13.3. The van der Waals surface area contributed by atoms with E-state index in [1.165, 1.54) is 36.4 Å². The molecule has 0 aliphatic carbocycles. The number of nitrogens with two attached hydrogens (primary N) is 2. The molecule has 326 valence electrons. The van der Waals surface area contributed by atoms with E-state index in [1.807, 2.05) is 20.8 Å². The molecule has 0 aromatic heterocycles. The monoisotopic (exact) mass is 866 g/mol. The molecule has 5 amide bonds. The standard InChI is InChI=1S/C33H50N6O9.C8H7Cl2F/c1-19-17-37(18-20(2)38(19)28(43)46-31(3,4)5)27(42)21-12-14-22(15-13-21)36-26(41)23(34)16-24(40)25(35)39(29(44)47-32(6,7)8)30(45)48-33(9,10)11;1-2-5-6(9)3-4-7(11)8(5)10/h12-16,19-20,40H,17-18,34-35H2,1-11H3,(H,36,41);3-4H,2H2,1H3/b23-16-,25-24-;. The number of anilines is 1. The van der Waals surface area contributed by atoms with Gasteiger partial charge < -0.3 is 41.0 Å². The van der Waals surface area contributed by atoms with Crippen LogP contribution < -0.4 is 16.8 Å². The van der Waals surface area contributed by atoms with Crippen molar-refractivity contribution in [3.8, 4) is 0 Å². The number of rotatable bonds is 6. The SMILES string of the molecule is CC1CN(C(=O)c2ccc(NC(=O)/C(N)=C/C(O)=C(\N)N(C(=O)OC(C)(C)C)C(=O)OC(C)(C)C)cc2)CC(C)N1C(=O)OC(C)(C)C.CCc1c(Cl)ccc(F)c1Cl. The Labute approximate surface area is 355 Å². The zero-order valence-electron chi connectivity index (χ0n) is 35.7. The van der Waals surface area contributed by atoms with Gasteiger partial charge in [-0.1, -0.05) is 30.1 Å². The lowest BCUT2D eigenvalue weighted by atomic mass is 10.1. The zero-order valence-corrected chi connectivity index (χ0v) is 37.2. The molecule has 18 heteroatoms. The van der Waals surface area contributed by atoms with E-state index in [0.29, 0.717) is 40.6 Å². The number of carbonyl (C=O) groups excluding carboxylic acids is 5. The molecule has 0 radical (unpaired) electrons. The van der Waals surface area contributed by atoms with Crippen LogP contribution in [0.2, 0.25) is 10.0 Å². The van der Waals surface area contributed by atoms with Crippen LogP contribution in [0.5, 0.6) is 0 Å². The molecule has 6 N–H and O–H groups in total. The van der Waals surface area contributed by atoms with Gasteiger partial charge in [0.2, 0.25) is 0 Å². The van der Waals surface area contributed by atoms with Crippen LogP contribution in [0.4, 0.5) is 24.5 Å². The van der Waals surface area contributed by atoms with Gasteiger partial charge in [-0.05, 0) is 125 Å². The summed E-state index contributed by atoms with van der Waals surface area (Å²) >= 11 is 11.4. The van der Waals surface area contributed by atoms with Gasteiger partial charge in [0.1, 0.15) is 28.3 Å². The summed E-state index contributed by atoms with van der Waals surface area (Å²) in [5, 5.41) is 13.8. The van der Waals surface area contributed by atoms with Crippen LogP contribution in [-0.2, 0) is 25.4 Å². The predicted octanol–water partition coefficient (Wildman–Crippen LogP) is 8.49. The van der Waals surface area contributed by atoms with Gasteiger partial charge in [0.05, 0.1) is 17.1 Å². The van der Waals surface area contributed by atoms with Crippen LogP contribution in [-0.4, -0.2) is 91.9 Å². The van der Waals surface area contributed by atoms with Crippen LogP contribution in [0, 0.1) is 5.82 Å². The fourth-order valence-electron chi connectivity index (χ4n) is 5.43. The highest BCUT2D eigenvalue weighted by atomic mass is 35.5. The minimum Gasteiger partial charge on any atom is -0.504 e. The molecule has 1 heterocycles. The average Bonchev–Trinajstić information content (AvgIpc) is 3.07. The van der Waals surface area contributed by atoms with E-state index in [-0.39, 0.29) is 28.7 Å². The number of benzene rings is 2. The third kappa shape index (κ3) is 15.2. The normalized spacial score (nSPS) is 16.5. The second kappa shape index (κ2) is 20.2.